The van der Waals surface area contributed by atoms with Crippen LogP contribution in [0.4, 0.5) is 13.2 Å². The van der Waals surface area contributed by atoms with Crippen molar-refractivity contribution < 1.29 is 17.9 Å². The largest absolute Gasteiger partial charge is 0.573 e. The van der Waals surface area contributed by atoms with Gasteiger partial charge in [-0.05, 0) is 24.1 Å². The highest BCUT2D eigenvalue weighted by atomic mass is 35.5. The highest BCUT2D eigenvalue weighted by Crippen LogP contribution is 2.34. The molecule has 1 aliphatic heterocycles. The molecule has 1 aromatic carbocycles. The number of nitrogens with zero attached hydrogens (tertiary/aromatic N) is 1. The van der Waals surface area contributed by atoms with Gasteiger partial charge in [-0.2, -0.15) is 0 Å². The molecule has 0 saturated carbocycles. The van der Waals surface area contributed by atoms with Crippen LogP contribution in [0.1, 0.15) is 18.0 Å². The van der Waals surface area contributed by atoms with E-state index in [4.69, 9.17) is 11.6 Å². The van der Waals surface area contributed by atoms with Crippen molar-refractivity contribution in [2.75, 3.05) is 26.2 Å². The summed E-state index contributed by atoms with van der Waals surface area (Å²) in [5, 5.41) is 3.23. The van der Waals surface area contributed by atoms with Crippen LogP contribution >= 0.6 is 11.6 Å². The first kappa shape index (κ1) is 17.1. The summed E-state index contributed by atoms with van der Waals surface area (Å²) in [5.41, 5.74) is 0.862. The predicted octanol–water partition coefficient (Wildman–Crippen LogP) is 3.76. The Kier molecular flexibility index (Phi) is 5.72. The van der Waals surface area contributed by atoms with Crippen LogP contribution in [-0.4, -0.2) is 37.4 Å². The standard InChI is InChI=1S/C15H18ClF3N2O/c1-2-3-13(21-8-6-20-7-9-21)11-4-5-14(12(16)10-11)22-15(17,18)19/h2,4-5,10,13,20H,1,3,6-9H2/t13-/m1/s1. The maximum atomic E-state index is 12.3. The smallest absolute Gasteiger partial charge is 0.404 e. The van der Waals surface area contributed by atoms with Gasteiger partial charge in [-0.1, -0.05) is 23.7 Å². The van der Waals surface area contributed by atoms with Crippen LogP contribution in [0, 0.1) is 0 Å². The Labute approximate surface area is 132 Å². The van der Waals surface area contributed by atoms with Gasteiger partial charge >= 0.3 is 6.36 Å². The van der Waals surface area contributed by atoms with Crippen molar-refractivity contribution in [2.45, 2.75) is 18.8 Å². The van der Waals surface area contributed by atoms with E-state index in [2.05, 4.69) is 21.5 Å². The fourth-order valence-corrected chi connectivity index (χ4v) is 2.81. The van der Waals surface area contributed by atoms with Crippen molar-refractivity contribution in [3.63, 3.8) is 0 Å². The van der Waals surface area contributed by atoms with Crippen LogP contribution in [0.15, 0.2) is 30.9 Å². The van der Waals surface area contributed by atoms with Crippen LogP contribution < -0.4 is 10.1 Å². The number of nitrogens with one attached hydrogen (secondary N) is 1. The van der Waals surface area contributed by atoms with Crippen molar-refractivity contribution in [3.8, 4) is 5.75 Å². The first-order valence-corrected chi connectivity index (χ1v) is 7.39. The quantitative estimate of drug-likeness (QED) is 0.830. The summed E-state index contributed by atoms with van der Waals surface area (Å²) >= 11 is 5.94. The molecule has 0 spiro atoms. The van der Waals surface area contributed by atoms with Gasteiger partial charge in [0.15, 0.2) is 0 Å². The second-order valence-corrected chi connectivity index (χ2v) is 5.47. The SMILES string of the molecule is C=CC[C@H](c1ccc(OC(F)(F)F)c(Cl)c1)N1CCNCC1. The molecule has 0 radical (unpaired) electrons. The van der Waals surface area contributed by atoms with Gasteiger partial charge in [0.05, 0.1) is 5.02 Å². The molecule has 122 valence electrons. The lowest BCUT2D eigenvalue weighted by Gasteiger charge is -2.35. The second-order valence-electron chi connectivity index (χ2n) is 5.06. The van der Waals surface area contributed by atoms with Crippen molar-refractivity contribution in [1.29, 1.82) is 0 Å². The van der Waals surface area contributed by atoms with Gasteiger partial charge in [-0.25, -0.2) is 0 Å². The average molecular weight is 335 g/mol. The van der Waals surface area contributed by atoms with Gasteiger partial charge in [-0.15, -0.1) is 19.8 Å². The van der Waals surface area contributed by atoms with E-state index in [1.165, 1.54) is 6.07 Å². The van der Waals surface area contributed by atoms with E-state index in [9.17, 15) is 13.2 Å². The molecule has 1 aromatic rings. The Morgan fingerprint density at radius 2 is 2.05 bits per heavy atom. The molecule has 0 amide bonds. The normalized spacial score (nSPS) is 18.0. The summed E-state index contributed by atoms with van der Waals surface area (Å²) in [6.07, 6.45) is -2.24. The lowest BCUT2D eigenvalue weighted by Crippen LogP contribution is -2.45. The summed E-state index contributed by atoms with van der Waals surface area (Å²) in [5.74, 6) is -0.379. The van der Waals surface area contributed by atoms with E-state index >= 15 is 0 Å². The first-order valence-electron chi connectivity index (χ1n) is 7.01. The zero-order chi connectivity index (χ0) is 16.2. The Morgan fingerprint density at radius 3 is 2.59 bits per heavy atom. The molecule has 2 rings (SSSR count). The van der Waals surface area contributed by atoms with Gasteiger partial charge < -0.3 is 10.1 Å². The van der Waals surface area contributed by atoms with Crippen molar-refractivity contribution in [2.24, 2.45) is 0 Å². The van der Waals surface area contributed by atoms with E-state index in [0.717, 1.165) is 31.7 Å². The fourth-order valence-electron chi connectivity index (χ4n) is 2.58. The minimum Gasteiger partial charge on any atom is -0.404 e. The Bertz CT molecular complexity index is 516. The summed E-state index contributed by atoms with van der Waals surface area (Å²) in [4.78, 5) is 2.27. The van der Waals surface area contributed by atoms with E-state index in [-0.39, 0.29) is 16.8 Å². The highest BCUT2D eigenvalue weighted by molar-refractivity contribution is 6.32. The number of rotatable bonds is 5. The Hall–Kier alpha value is -1.24. The van der Waals surface area contributed by atoms with E-state index in [1.54, 1.807) is 18.2 Å². The molecule has 0 bridgehead atoms. The molecular weight excluding hydrogens is 317 g/mol. The predicted molar refractivity (Wildman–Crippen MR) is 80.1 cm³/mol. The van der Waals surface area contributed by atoms with E-state index < -0.39 is 6.36 Å². The Balaban J connectivity index is 2.21. The average Bonchev–Trinajstić information content (AvgIpc) is 2.47. The van der Waals surface area contributed by atoms with Gasteiger partial charge in [0.1, 0.15) is 5.75 Å². The molecule has 1 N–H and O–H groups in total. The molecule has 1 heterocycles. The molecule has 1 atom stereocenters. The zero-order valence-electron chi connectivity index (χ0n) is 12.0. The van der Waals surface area contributed by atoms with E-state index in [0.29, 0.717) is 6.42 Å². The number of ether oxygens (including phenoxy) is 1. The third-order valence-corrected chi connectivity index (χ3v) is 3.84. The van der Waals surface area contributed by atoms with Crippen LogP contribution in [-0.2, 0) is 0 Å². The van der Waals surface area contributed by atoms with E-state index in [1.807, 2.05) is 0 Å². The maximum absolute atomic E-state index is 12.3. The minimum absolute atomic E-state index is 0.0426. The van der Waals surface area contributed by atoms with Crippen LogP contribution in [0.5, 0.6) is 5.75 Å². The third kappa shape index (κ3) is 4.63. The van der Waals surface area contributed by atoms with Crippen LogP contribution in [0.25, 0.3) is 0 Å². The van der Waals surface area contributed by atoms with Gasteiger partial charge in [0.25, 0.3) is 0 Å². The van der Waals surface area contributed by atoms with Crippen molar-refractivity contribution in [3.05, 3.63) is 41.4 Å². The summed E-state index contributed by atoms with van der Waals surface area (Å²) in [7, 11) is 0. The molecule has 0 unspecified atom stereocenters. The molecule has 1 aliphatic rings. The first-order chi connectivity index (χ1) is 10.4. The summed E-state index contributed by atoms with van der Waals surface area (Å²) in [6.45, 7) is 7.28. The van der Waals surface area contributed by atoms with Gasteiger partial charge in [-0.3, -0.25) is 4.90 Å². The number of halogens is 4. The molecule has 3 nitrogen and oxygen atoms in total. The van der Waals surface area contributed by atoms with Gasteiger partial charge in [0, 0.05) is 32.2 Å². The number of hydrogen-bond acceptors (Lipinski definition) is 3. The monoisotopic (exact) mass is 334 g/mol. The molecular formula is C15H18ClF3N2O. The highest BCUT2D eigenvalue weighted by Gasteiger charge is 2.32. The topological polar surface area (TPSA) is 24.5 Å². The summed E-state index contributed by atoms with van der Waals surface area (Å²) < 4.78 is 40.7. The zero-order valence-corrected chi connectivity index (χ0v) is 12.8. The van der Waals surface area contributed by atoms with Crippen LogP contribution in [0.3, 0.4) is 0 Å². The minimum atomic E-state index is -4.75. The molecule has 1 saturated heterocycles. The molecule has 0 aliphatic carbocycles. The second kappa shape index (κ2) is 7.35. The van der Waals surface area contributed by atoms with Crippen LogP contribution in [0.2, 0.25) is 5.02 Å². The molecule has 22 heavy (non-hydrogen) atoms. The molecule has 7 heteroatoms. The van der Waals surface area contributed by atoms with Crippen molar-refractivity contribution in [1.82, 2.24) is 10.2 Å². The fraction of sp³-hybridized carbons (Fsp3) is 0.467. The maximum Gasteiger partial charge on any atom is 0.573 e. The molecule has 1 fully saturated rings. The Morgan fingerprint density at radius 1 is 1.36 bits per heavy atom. The number of alkyl halides is 3. The van der Waals surface area contributed by atoms with Gasteiger partial charge in [0.2, 0.25) is 0 Å². The summed E-state index contributed by atoms with van der Waals surface area (Å²) in [6, 6.07) is 4.49. The number of benzene rings is 1. The number of hydrogen-bond donors (Lipinski definition) is 1. The molecule has 0 aromatic heterocycles. The number of piperazine rings is 1. The lowest BCUT2D eigenvalue weighted by molar-refractivity contribution is -0.274. The van der Waals surface area contributed by atoms with Crippen molar-refractivity contribution >= 4 is 11.6 Å². The third-order valence-electron chi connectivity index (χ3n) is 3.55. The lowest BCUT2D eigenvalue weighted by atomic mass is 10.0.